The monoisotopic (exact) mass is 377 g/mol. The van der Waals surface area contributed by atoms with E-state index in [0.717, 1.165) is 38.6 Å². The predicted octanol–water partition coefficient (Wildman–Crippen LogP) is 1.44. The fourth-order valence-electron chi connectivity index (χ4n) is 4.22. The lowest BCUT2D eigenvalue weighted by Crippen LogP contribution is -2.46. The van der Waals surface area contributed by atoms with E-state index in [1.165, 1.54) is 0 Å². The van der Waals surface area contributed by atoms with E-state index < -0.39 is 10.0 Å². The number of fused-ring (bicyclic) bond motifs is 1. The highest BCUT2D eigenvalue weighted by atomic mass is 32.2. The van der Waals surface area contributed by atoms with Crippen LogP contribution in [0.3, 0.4) is 0 Å². The number of rotatable bonds is 5. The highest BCUT2D eigenvalue weighted by Crippen LogP contribution is 2.33. The van der Waals surface area contributed by atoms with Crippen LogP contribution in [0.4, 0.5) is 0 Å². The molecule has 4 rings (SSSR count). The van der Waals surface area contributed by atoms with Crippen LogP contribution in [-0.4, -0.2) is 61.8 Å². The molecule has 0 spiro atoms. The second-order valence-electron chi connectivity index (χ2n) is 7.77. The van der Waals surface area contributed by atoms with Gasteiger partial charge in [-0.3, -0.25) is 9.69 Å². The summed E-state index contributed by atoms with van der Waals surface area (Å²) in [5.41, 5.74) is 0. The van der Waals surface area contributed by atoms with Crippen LogP contribution in [0.25, 0.3) is 0 Å². The number of nitrogens with zero attached hydrogens (tertiary/aromatic N) is 2. The Hall–Kier alpha value is -1.44. The van der Waals surface area contributed by atoms with Crippen molar-refractivity contribution < 1.29 is 13.2 Å². The Kier molecular flexibility index (Phi) is 5.03. The highest BCUT2D eigenvalue weighted by Gasteiger charge is 2.43. The Balaban J connectivity index is 1.48. The molecule has 2 atom stereocenters. The summed E-state index contributed by atoms with van der Waals surface area (Å²) >= 11 is 0. The molecule has 3 aliphatic rings. The second-order valence-corrected chi connectivity index (χ2v) is 9.71. The van der Waals surface area contributed by atoms with Crippen molar-refractivity contribution in [3.8, 4) is 0 Å². The Labute approximate surface area is 155 Å². The molecule has 1 aromatic rings. The van der Waals surface area contributed by atoms with Crippen molar-refractivity contribution in [3.63, 3.8) is 0 Å². The van der Waals surface area contributed by atoms with Crippen LogP contribution in [-0.2, 0) is 14.8 Å². The normalized spacial score (nSPS) is 27.7. The number of benzene rings is 1. The first-order valence-corrected chi connectivity index (χ1v) is 11.1. The molecule has 2 aliphatic heterocycles. The smallest absolute Gasteiger partial charge is 0.243 e. The number of likely N-dealkylation sites (tertiary alicyclic amines) is 1. The van der Waals surface area contributed by atoms with Gasteiger partial charge in [0.05, 0.1) is 11.4 Å². The zero-order valence-electron chi connectivity index (χ0n) is 15.0. The van der Waals surface area contributed by atoms with E-state index in [2.05, 4.69) is 10.2 Å². The molecule has 1 N–H and O–H groups in total. The minimum absolute atomic E-state index is 0.0810. The highest BCUT2D eigenvalue weighted by molar-refractivity contribution is 7.89. The molecule has 2 saturated heterocycles. The average molecular weight is 378 g/mol. The molecule has 142 valence electrons. The molecule has 0 bridgehead atoms. The van der Waals surface area contributed by atoms with Crippen molar-refractivity contribution in [2.75, 3.05) is 26.2 Å². The maximum atomic E-state index is 13.0. The molecule has 1 aliphatic carbocycles. The lowest BCUT2D eigenvalue weighted by Gasteiger charge is -2.29. The van der Waals surface area contributed by atoms with Crippen molar-refractivity contribution in [3.05, 3.63) is 30.3 Å². The van der Waals surface area contributed by atoms with E-state index in [-0.39, 0.29) is 11.9 Å². The van der Waals surface area contributed by atoms with Crippen LogP contribution in [0, 0.1) is 5.92 Å². The van der Waals surface area contributed by atoms with Crippen molar-refractivity contribution in [2.45, 2.75) is 49.1 Å². The van der Waals surface area contributed by atoms with Gasteiger partial charge in [-0.25, -0.2) is 8.42 Å². The quantitative estimate of drug-likeness (QED) is 0.843. The Morgan fingerprint density at radius 2 is 1.85 bits per heavy atom. The Morgan fingerprint density at radius 3 is 2.58 bits per heavy atom. The summed E-state index contributed by atoms with van der Waals surface area (Å²) in [6.45, 7) is 2.30. The maximum Gasteiger partial charge on any atom is 0.243 e. The first kappa shape index (κ1) is 17.9. The SMILES string of the molecule is O=C(CN1CCCC[C@H]2CN(S(=O)(=O)c3ccccc3)C[C@H]21)NC1CC1. The molecule has 2 heterocycles. The number of amides is 1. The molecular weight excluding hydrogens is 350 g/mol. The molecule has 1 saturated carbocycles. The number of hydrogen-bond donors (Lipinski definition) is 1. The molecule has 26 heavy (non-hydrogen) atoms. The number of hydrogen-bond acceptors (Lipinski definition) is 4. The van der Waals surface area contributed by atoms with E-state index in [9.17, 15) is 13.2 Å². The van der Waals surface area contributed by atoms with E-state index in [1.807, 2.05) is 6.07 Å². The minimum atomic E-state index is -3.46. The Bertz CT molecular complexity index is 749. The number of nitrogens with one attached hydrogen (secondary N) is 1. The van der Waals surface area contributed by atoms with Crippen molar-refractivity contribution >= 4 is 15.9 Å². The van der Waals surface area contributed by atoms with Gasteiger partial charge in [0.1, 0.15) is 0 Å². The third kappa shape index (κ3) is 3.80. The van der Waals surface area contributed by atoms with Gasteiger partial charge in [0.25, 0.3) is 0 Å². The fraction of sp³-hybridized carbons (Fsp3) is 0.632. The van der Waals surface area contributed by atoms with Crippen LogP contribution >= 0.6 is 0 Å². The summed E-state index contributed by atoms with van der Waals surface area (Å²) in [4.78, 5) is 14.9. The summed E-state index contributed by atoms with van der Waals surface area (Å²) in [5.74, 6) is 0.391. The van der Waals surface area contributed by atoms with Crippen molar-refractivity contribution in [1.82, 2.24) is 14.5 Å². The largest absolute Gasteiger partial charge is 0.352 e. The van der Waals surface area contributed by atoms with Gasteiger partial charge in [-0.1, -0.05) is 24.6 Å². The number of carbonyl (C=O) groups is 1. The summed E-state index contributed by atoms with van der Waals surface area (Å²) in [6, 6.07) is 9.16. The molecule has 6 nitrogen and oxygen atoms in total. The summed E-state index contributed by atoms with van der Waals surface area (Å²) < 4.78 is 27.6. The van der Waals surface area contributed by atoms with Gasteiger partial charge in [-0.2, -0.15) is 4.31 Å². The fourth-order valence-corrected chi connectivity index (χ4v) is 5.76. The molecular formula is C19H27N3O3S. The standard InChI is InChI=1S/C19H27N3O3S/c23-19(20-16-9-10-16)14-21-11-5-4-6-15-12-22(13-18(15)21)26(24,25)17-7-2-1-3-8-17/h1-3,7-8,15-16,18H,4-6,9-14H2,(H,20,23)/t15-,18+/m0/s1. The van der Waals surface area contributed by atoms with E-state index >= 15 is 0 Å². The first-order chi connectivity index (χ1) is 12.5. The molecule has 0 radical (unpaired) electrons. The van der Waals surface area contributed by atoms with Crippen LogP contribution in [0.15, 0.2) is 35.2 Å². The van der Waals surface area contributed by atoms with E-state index in [0.29, 0.717) is 36.5 Å². The molecule has 7 heteroatoms. The summed E-state index contributed by atoms with van der Waals surface area (Å²) in [6.07, 6.45) is 5.38. The maximum absolute atomic E-state index is 13.0. The van der Waals surface area contributed by atoms with Gasteiger partial charge < -0.3 is 5.32 Å². The van der Waals surface area contributed by atoms with Crippen LogP contribution in [0.2, 0.25) is 0 Å². The number of sulfonamides is 1. The van der Waals surface area contributed by atoms with Gasteiger partial charge in [0.2, 0.25) is 15.9 Å². The van der Waals surface area contributed by atoms with Gasteiger partial charge in [0.15, 0.2) is 0 Å². The minimum Gasteiger partial charge on any atom is -0.352 e. The second kappa shape index (κ2) is 7.29. The first-order valence-electron chi connectivity index (χ1n) is 9.62. The summed E-state index contributed by atoms with van der Waals surface area (Å²) in [7, 11) is -3.46. The third-order valence-corrected chi connectivity index (χ3v) is 7.63. The van der Waals surface area contributed by atoms with E-state index in [1.54, 1.807) is 28.6 Å². The van der Waals surface area contributed by atoms with Crippen LogP contribution in [0.1, 0.15) is 32.1 Å². The number of carbonyl (C=O) groups excluding carboxylic acids is 1. The van der Waals surface area contributed by atoms with Crippen molar-refractivity contribution in [2.24, 2.45) is 5.92 Å². The molecule has 1 amide bonds. The topological polar surface area (TPSA) is 69.7 Å². The van der Waals surface area contributed by atoms with E-state index in [4.69, 9.17) is 0 Å². The zero-order valence-corrected chi connectivity index (χ0v) is 15.8. The lowest BCUT2D eigenvalue weighted by atomic mass is 9.98. The van der Waals surface area contributed by atoms with Gasteiger partial charge >= 0.3 is 0 Å². The van der Waals surface area contributed by atoms with Gasteiger partial charge in [0, 0.05) is 25.2 Å². The predicted molar refractivity (Wildman–Crippen MR) is 99.1 cm³/mol. The average Bonchev–Trinajstić information content (AvgIpc) is 3.37. The van der Waals surface area contributed by atoms with Crippen LogP contribution in [0.5, 0.6) is 0 Å². The Morgan fingerprint density at radius 1 is 1.08 bits per heavy atom. The van der Waals surface area contributed by atoms with Gasteiger partial charge in [-0.15, -0.1) is 0 Å². The zero-order chi connectivity index (χ0) is 18.1. The van der Waals surface area contributed by atoms with Crippen LogP contribution < -0.4 is 5.32 Å². The van der Waals surface area contributed by atoms with Gasteiger partial charge in [-0.05, 0) is 50.3 Å². The summed E-state index contributed by atoms with van der Waals surface area (Å²) in [5, 5.41) is 3.06. The molecule has 0 aromatic heterocycles. The molecule has 3 fully saturated rings. The lowest BCUT2D eigenvalue weighted by molar-refractivity contribution is -0.123. The van der Waals surface area contributed by atoms with Crippen molar-refractivity contribution in [1.29, 1.82) is 0 Å². The molecule has 0 unspecified atom stereocenters. The molecule has 1 aromatic carbocycles. The third-order valence-electron chi connectivity index (χ3n) is 5.78.